The van der Waals surface area contributed by atoms with Gasteiger partial charge in [-0.2, -0.15) is 0 Å². The summed E-state index contributed by atoms with van der Waals surface area (Å²) in [7, 11) is 0. The monoisotopic (exact) mass is 175 g/mol. The van der Waals surface area contributed by atoms with Gasteiger partial charge in [-0.25, -0.2) is 4.98 Å². The van der Waals surface area contributed by atoms with Gasteiger partial charge in [0.05, 0.1) is 6.54 Å². The van der Waals surface area contributed by atoms with Crippen molar-refractivity contribution in [3.63, 3.8) is 0 Å². The van der Waals surface area contributed by atoms with E-state index in [2.05, 4.69) is 15.6 Å². The lowest BCUT2D eigenvalue weighted by Crippen LogP contribution is -2.68. The van der Waals surface area contributed by atoms with Crippen molar-refractivity contribution in [3.8, 4) is 0 Å². The average Bonchev–Trinajstić information content (AvgIpc) is 2.57. The molecule has 0 radical (unpaired) electrons. The minimum Gasteiger partial charge on any atom is -0.354 e. The highest BCUT2D eigenvalue weighted by molar-refractivity contribution is 5.97. The topological polar surface area (TPSA) is 54.0 Å². The van der Waals surface area contributed by atoms with Gasteiger partial charge < -0.3 is 10.6 Å². The molecule has 0 saturated carbocycles. The van der Waals surface area contributed by atoms with Gasteiger partial charge in [-0.05, 0) is 11.6 Å². The number of amides is 1. The van der Waals surface area contributed by atoms with E-state index in [9.17, 15) is 4.79 Å². The van der Waals surface area contributed by atoms with E-state index in [4.69, 9.17) is 0 Å². The van der Waals surface area contributed by atoms with Gasteiger partial charge in [-0.15, -0.1) is 0 Å². The Kier molecular flexibility index (Phi) is 1.07. The molecule has 1 atom stereocenters. The molecule has 3 heterocycles. The minimum absolute atomic E-state index is 0.0884. The van der Waals surface area contributed by atoms with Crippen LogP contribution in [0.2, 0.25) is 0 Å². The van der Waals surface area contributed by atoms with Gasteiger partial charge in [0.15, 0.2) is 0 Å². The molecule has 1 aromatic rings. The normalized spacial score (nSPS) is 29.1. The number of hydrogen-bond donors (Lipinski definition) is 2. The van der Waals surface area contributed by atoms with Crippen LogP contribution in [0.25, 0.3) is 0 Å². The summed E-state index contributed by atoms with van der Waals surface area (Å²) in [4.78, 5) is 15.5. The number of hydrogen-bond acceptors (Lipinski definition) is 3. The summed E-state index contributed by atoms with van der Waals surface area (Å²) in [6, 6.07) is 3.91. The largest absolute Gasteiger partial charge is 0.354 e. The highest BCUT2D eigenvalue weighted by atomic mass is 16.2. The lowest BCUT2D eigenvalue weighted by molar-refractivity contribution is -0.131. The SMILES string of the molecule is O=C1NCC12Cc1cccnc1N2. The van der Waals surface area contributed by atoms with Crippen molar-refractivity contribution in [1.82, 2.24) is 10.3 Å². The van der Waals surface area contributed by atoms with Gasteiger partial charge in [0, 0.05) is 12.6 Å². The van der Waals surface area contributed by atoms with Crippen LogP contribution in [0.4, 0.5) is 5.82 Å². The predicted molar refractivity (Wildman–Crippen MR) is 47.3 cm³/mol. The Morgan fingerprint density at radius 2 is 2.46 bits per heavy atom. The van der Waals surface area contributed by atoms with Gasteiger partial charge >= 0.3 is 0 Å². The number of carbonyl (C=O) groups excluding carboxylic acids is 1. The molecule has 4 heteroatoms. The van der Waals surface area contributed by atoms with Gasteiger partial charge in [-0.1, -0.05) is 6.07 Å². The fourth-order valence-corrected chi connectivity index (χ4v) is 1.91. The van der Waals surface area contributed by atoms with Gasteiger partial charge in [-0.3, -0.25) is 4.79 Å². The number of rotatable bonds is 0. The summed E-state index contributed by atoms with van der Waals surface area (Å²) >= 11 is 0. The Morgan fingerprint density at radius 1 is 1.54 bits per heavy atom. The molecule has 66 valence electrons. The van der Waals surface area contributed by atoms with Crippen LogP contribution in [-0.4, -0.2) is 23.0 Å². The third kappa shape index (κ3) is 0.748. The molecule has 0 aliphatic carbocycles. The number of nitrogens with one attached hydrogen (secondary N) is 2. The molecule has 1 unspecified atom stereocenters. The van der Waals surface area contributed by atoms with E-state index in [0.717, 1.165) is 17.8 Å². The highest BCUT2D eigenvalue weighted by Gasteiger charge is 2.50. The Hall–Kier alpha value is -1.58. The van der Waals surface area contributed by atoms with Crippen LogP contribution in [0.1, 0.15) is 5.56 Å². The standard InChI is InChI=1S/C9H9N3O/c13-8-9(5-11-8)4-6-2-1-3-10-7(6)12-9/h1-3H,4-5H2,(H,10,12)(H,11,13). The van der Waals surface area contributed by atoms with E-state index >= 15 is 0 Å². The third-order valence-corrected chi connectivity index (χ3v) is 2.73. The zero-order valence-electron chi connectivity index (χ0n) is 7.00. The molecule has 0 aromatic carbocycles. The summed E-state index contributed by atoms with van der Waals surface area (Å²) in [5.74, 6) is 0.947. The Morgan fingerprint density at radius 3 is 3.08 bits per heavy atom. The van der Waals surface area contributed by atoms with Crippen molar-refractivity contribution in [2.75, 3.05) is 11.9 Å². The fraction of sp³-hybridized carbons (Fsp3) is 0.333. The number of pyridine rings is 1. The molecular weight excluding hydrogens is 166 g/mol. The number of nitrogens with zero attached hydrogens (tertiary/aromatic N) is 1. The fourth-order valence-electron chi connectivity index (χ4n) is 1.91. The first-order valence-electron chi connectivity index (χ1n) is 4.31. The number of β-lactam (4-membered cyclic amide) rings is 1. The summed E-state index contributed by atoms with van der Waals surface area (Å²) < 4.78 is 0. The van der Waals surface area contributed by atoms with Gasteiger partial charge in [0.1, 0.15) is 11.4 Å². The van der Waals surface area contributed by atoms with Crippen LogP contribution in [0.3, 0.4) is 0 Å². The molecule has 4 nitrogen and oxygen atoms in total. The quantitative estimate of drug-likeness (QED) is 0.542. The van der Waals surface area contributed by atoms with Crippen LogP contribution in [0, 0.1) is 0 Å². The summed E-state index contributed by atoms with van der Waals surface area (Å²) in [5, 5.41) is 5.92. The van der Waals surface area contributed by atoms with Crippen LogP contribution in [-0.2, 0) is 11.2 Å². The average molecular weight is 175 g/mol. The number of carbonyl (C=O) groups is 1. The molecule has 1 aromatic heterocycles. The van der Waals surface area contributed by atoms with Gasteiger partial charge in [0.25, 0.3) is 0 Å². The maximum Gasteiger partial charge on any atom is 0.248 e. The number of aromatic nitrogens is 1. The lowest BCUT2D eigenvalue weighted by atomic mass is 9.88. The van der Waals surface area contributed by atoms with E-state index in [1.54, 1.807) is 6.20 Å². The third-order valence-electron chi connectivity index (χ3n) is 2.73. The first-order chi connectivity index (χ1) is 6.30. The molecule has 2 aliphatic heterocycles. The molecule has 0 bridgehead atoms. The van der Waals surface area contributed by atoms with Crippen molar-refractivity contribution >= 4 is 11.7 Å². The zero-order valence-corrected chi connectivity index (χ0v) is 7.00. The van der Waals surface area contributed by atoms with Crippen molar-refractivity contribution in [1.29, 1.82) is 0 Å². The van der Waals surface area contributed by atoms with Gasteiger partial charge in [0.2, 0.25) is 5.91 Å². The van der Waals surface area contributed by atoms with Crippen molar-refractivity contribution < 1.29 is 4.79 Å². The van der Waals surface area contributed by atoms with Crippen molar-refractivity contribution in [2.24, 2.45) is 0 Å². The van der Waals surface area contributed by atoms with Crippen LogP contribution >= 0.6 is 0 Å². The maximum absolute atomic E-state index is 11.3. The molecule has 1 spiro atoms. The van der Waals surface area contributed by atoms with Crippen LogP contribution in [0.15, 0.2) is 18.3 Å². The molecule has 1 fully saturated rings. The Labute approximate surface area is 75.4 Å². The second kappa shape index (κ2) is 2.02. The smallest absolute Gasteiger partial charge is 0.248 e. The second-order valence-corrected chi connectivity index (χ2v) is 3.58. The summed E-state index contributed by atoms with van der Waals surface area (Å²) in [5.41, 5.74) is 0.758. The molecule has 2 N–H and O–H groups in total. The molecular formula is C9H9N3O. The summed E-state index contributed by atoms with van der Waals surface area (Å²) in [6.45, 7) is 0.711. The van der Waals surface area contributed by atoms with Crippen LogP contribution < -0.4 is 10.6 Å². The summed E-state index contributed by atoms with van der Waals surface area (Å²) in [6.07, 6.45) is 2.50. The predicted octanol–water partition coefficient (Wildman–Crippen LogP) is -0.0818. The maximum atomic E-state index is 11.3. The van der Waals surface area contributed by atoms with Crippen molar-refractivity contribution in [2.45, 2.75) is 12.0 Å². The second-order valence-electron chi connectivity index (χ2n) is 3.58. The Balaban J connectivity index is 2.01. The van der Waals surface area contributed by atoms with E-state index in [1.807, 2.05) is 12.1 Å². The molecule has 1 saturated heterocycles. The highest BCUT2D eigenvalue weighted by Crippen LogP contribution is 2.33. The molecule has 2 aliphatic rings. The lowest BCUT2D eigenvalue weighted by Gasteiger charge is -2.37. The number of anilines is 1. The first-order valence-corrected chi connectivity index (χ1v) is 4.31. The number of fused-ring (bicyclic) bond motifs is 1. The Bertz CT molecular complexity index is 363. The minimum atomic E-state index is -0.378. The van der Waals surface area contributed by atoms with Crippen molar-refractivity contribution in [3.05, 3.63) is 23.9 Å². The molecule has 13 heavy (non-hydrogen) atoms. The van der Waals surface area contributed by atoms with E-state index < -0.39 is 0 Å². The molecule has 1 amide bonds. The van der Waals surface area contributed by atoms with E-state index in [0.29, 0.717) is 6.54 Å². The molecule has 3 rings (SSSR count). The zero-order chi connectivity index (χ0) is 8.89. The van der Waals surface area contributed by atoms with E-state index in [1.165, 1.54) is 0 Å². The van der Waals surface area contributed by atoms with Crippen LogP contribution in [0.5, 0.6) is 0 Å². The first kappa shape index (κ1) is 6.88. The van der Waals surface area contributed by atoms with E-state index in [-0.39, 0.29) is 11.4 Å².